The maximum absolute atomic E-state index is 12.1. The van der Waals surface area contributed by atoms with Crippen LogP contribution in [0.15, 0.2) is 6.07 Å². The highest BCUT2D eigenvalue weighted by Crippen LogP contribution is 2.29. The first-order valence-corrected chi connectivity index (χ1v) is 4.62. The van der Waals surface area contributed by atoms with Crippen molar-refractivity contribution in [3.8, 4) is 5.88 Å². The lowest BCUT2D eigenvalue weighted by molar-refractivity contribution is -0.275. The first-order valence-electron chi connectivity index (χ1n) is 4.62. The zero-order valence-corrected chi connectivity index (χ0v) is 9.25. The summed E-state index contributed by atoms with van der Waals surface area (Å²) in [7, 11) is 1.06. The molecule has 0 radical (unpaired) electrons. The van der Waals surface area contributed by atoms with Crippen molar-refractivity contribution in [2.24, 2.45) is 5.73 Å². The topological polar surface area (TPSA) is 100 Å². The molecule has 0 saturated heterocycles. The number of carbonyl (C=O) groups excluding carboxylic acids is 1. The van der Waals surface area contributed by atoms with Gasteiger partial charge in [-0.15, -0.1) is 13.2 Å². The molecule has 1 rings (SSSR count). The lowest BCUT2D eigenvalue weighted by atomic mass is 10.2. The van der Waals surface area contributed by atoms with E-state index >= 15 is 0 Å². The van der Waals surface area contributed by atoms with Crippen LogP contribution < -0.4 is 16.2 Å². The number of nitrogens with two attached hydrogens (primary N) is 2. The summed E-state index contributed by atoms with van der Waals surface area (Å²) >= 11 is 0. The van der Waals surface area contributed by atoms with Gasteiger partial charge in [0.1, 0.15) is 0 Å². The van der Waals surface area contributed by atoms with Gasteiger partial charge in [0.05, 0.1) is 12.8 Å². The molecule has 0 aromatic carbocycles. The summed E-state index contributed by atoms with van der Waals surface area (Å²) in [6, 6.07) is 1.14. The maximum atomic E-state index is 12.1. The van der Waals surface area contributed by atoms with Crippen molar-refractivity contribution in [2.45, 2.75) is 12.9 Å². The molecule has 1 aromatic rings. The molecule has 100 valence electrons. The molecule has 0 spiro atoms. The van der Waals surface area contributed by atoms with Crippen LogP contribution in [0.3, 0.4) is 0 Å². The molecule has 1 aromatic heterocycles. The third kappa shape index (κ3) is 3.23. The van der Waals surface area contributed by atoms with E-state index in [4.69, 9.17) is 11.5 Å². The predicted octanol–water partition coefficient (Wildman–Crippen LogP) is 0.808. The van der Waals surface area contributed by atoms with Gasteiger partial charge in [-0.2, -0.15) is 0 Å². The fourth-order valence-electron chi connectivity index (χ4n) is 1.15. The highest BCUT2D eigenvalue weighted by atomic mass is 19.4. The van der Waals surface area contributed by atoms with E-state index in [2.05, 4.69) is 14.5 Å². The van der Waals surface area contributed by atoms with Crippen LogP contribution in [0, 0.1) is 0 Å². The molecule has 9 heteroatoms. The summed E-state index contributed by atoms with van der Waals surface area (Å²) in [5.41, 5.74) is 10.0. The monoisotopic (exact) mass is 265 g/mol. The standard InChI is InChI=1S/C9H10F3N3O3/c1-17-8(16)5-2-4(3-13)6(14)7(15-5)18-9(10,11)12/h2H,3,13-14H2,1H3. The molecule has 0 saturated carbocycles. The summed E-state index contributed by atoms with van der Waals surface area (Å²) in [5.74, 6) is -1.84. The van der Waals surface area contributed by atoms with Crippen molar-refractivity contribution in [1.82, 2.24) is 4.98 Å². The lowest BCUT2D eigenvalue weighted by Gasteiger charge is -2.13. The van der Waals surface area contributed by atoms with E-state index in [1.807, 2.05) is 0 Å². The molecule has 0 aliphatic heterocycles. The Morgan fingerprint density at radius 2 is 2.11 bits per heavy atom. The SMILES string of the molecule is COC(=O)c1cc(CN)c(N)c(OC(F)(F)F)n1. The molecule has 1 heterocycles. The van der Waals surface area contributed by atoms with Crippen LogP contribution in [0.4, 0.5) is 18.9 Å². The highest BCUT2D eigenvalue weighted by Gasteiger charge is 2.33. The maximum Gasteiger partial charge on any atom is 0.574 e. The Hall–Kier alpha value is -2.03. The average molecular weight is 265 g/mol. The molecule has 0 aliphatic carbocycles. The van der Waals surface area contributed by atoms with Crippen LogP contribution in [0.1, 0.15) is 16.1 Å². The van der Waals surface area contributed by atoms with Gasteiger partial charge < -0.3 is 20.9 Å². The molecule has 0 aliphatic rings. The number of pyridine rings is 1. The molecule has 0 unspecified atom stereocenters. The lowest BCUT2D eigenvalue weighted by Crippen LogP contribution is -2.21. The number of ether oxygens (including phenoxy) is 2. The molecule has 0 bridgehead atoms. The van der Waals surface area contributed by atoms with E-state index in [1.165, 1.54) is 0 Å². The minimum Gasteiger partial charge on any atom is -0.464 e. The number of nitrogen functional groups attached to an aromatic ring is 1. The number of rotatable bonds is 3. The van der Waals surface area contributed by atoms with Gasteiger partial charge in [-0.05, 0) is 11.6 Å². The van der Waals surface area contributed by atoms with Crippen LogP contribution in [0.25, 0.3) is 0 Å². The summed E-state index contributed by atoms with van der Waals surface area (Å²) in [6.07, 6.45) is -4.97. The Morgan fingerprint density at radius 3 is 2.56 bits per heavy atom. The smallest absolute Gasteiger partial charge is 0.464 e. The number of halogens is 3. The number of methoxy groups -OCH3 is 1. The largest absolute Gasteiger partial charge is 0.574 e. The number of alkyl halides is 3. The molecule has 18 heavy (non-hydrogen) atoms. The van der Waals surface area contributed by atoms with Gasteiger partial charge in [0.25, 0.3) is 0 Å². The van der Waals surface area contributed by atoms with E-state index in [0.717, 1.165) is 13.2 Å². The average Bonchev–Trinajstić information content (AvgIpc) is 2.29. The third-order valence-corrected chi connectivity index (χ3v) is 1.94. The fourth-order valence-corrected chi connectivity index (χ4v) is 1.15. The number of esters is 1. The minimum atomic E-state index is -4.97. The van der Waals surface area contributed by atoms with Crippen molar-refractivity contribution in [2.75, 3.05) is 12.8 Å². The second-order valence-electron chi connectivity index (χ2n) is 3.13. The van der Waals surface area contributed by atoms with Gasteiger partial charge >= 0.3 is 12.3 Å². The van der Waals surface area contributed by atoms with Gasteiger partial charge in [-0.1, -0.05) is 0 Å². The van der Waals surface area contributed by atoms with E-state index in [-0.39, 0.29) is 23.5 Å². The third-order valence-electron chi connectivity index (χ3n) is 1.94. The Kier molecular flexibility index (Phi) is 3.96. The molecule has 4 N–H and O–H groups in total. The van der Waals surface area contributed by atoms with Crippen molar-refractivity contribution in [1.29, 1.82) is 0 Å². The van der Waals surface area contributed by atoms with E-state index in [9.17, 15) is 18.0 Å². The van der Waals surface area contributed by atoms with Crippen molar-refractivity contribution in [3.05, 3.63) is 17.3 Å². The summed E-state index contributed by atoms with van der Waals surface area (Å²) in [5, 5.41) is 0. The number of carbonyl (C=O) groups is 1. The number of aromatic nitrogens is 1. The van der Waals surface area contributed by atoms with Gasteiger partial charge in [0.2, 0.25) is 5.88 Å². The zero-order chi connectivity index (χ0) is 13.9. The van der Waals surface area contributed by atoms with Crippen LogP contribution in [0.5, 0.6) is 5.88 Å². The second-order valence-corrected chi connectivity index (χ2v) is 3.13. The molecular formula is C9H10F3N3O3. The van der Waals surface area contributed by atoms with Crippen molar-refractivity contribution >= 4 is 11.7 Å². The molecular weight excluding hydrogens is 255 g/mol. The van der Waals surface area contributed by atoms with E-state index < -0.39 is 18.2 Å². The van der Waals surface area contributed by atoms with E-state index in [1.54, 1.807) is 0 Å². The minimum absolute atomic E-state index is 0.102. The zero-order valence-electron chi connectivity index (χ0n) is 9.25. The number of hydrogen-bond donors (Lipinski definition) is 2. The molecule has 0 atom stereocenters. The molecule has 0 amide bonds. The van der Waals surface area contributed by atoms with E-state index in [0.29, 0.717) is 0 Å². The van der Waals surface area contributed by atoms with Gasteiger partial charge in [-0.25, -0.2) is 9.78 Å². The van der Waals surface area contributed by atoms with Crippen LogP contribution in [-0.2, 0) is 11.3 Å². The highest BCUT2D eigenvalue weighted by molar-refractivity contribution is 5.88. The first-order chi connectivity index (χ1) is 8.28. The van der Waals surface area contributed by atoms with Gasteiger partial charge in [0.15, 0.2) is 5.69 Å². The van der Waals surface area contributed by atoms with Gasteiger partial charge in [0, 0.05) is 6.54 Å². The Balaban J connectivity index is 3.27. The second kappa shape index (κ2) is 5.08. The Labute approximate surface area is 99.7 Å². The van der Waals surface area contributed by atoms with Crippen LogP contribution in [-0.4, -0.2) is 24.4 Å². The Bertz CT molecular complexity index is 462. The summed E-state index contributed by atoms with van der Waals surface area (Å²) in [4.78, 5) is 14.5. The fraction of sp³-hybridized carbons (Fsp3) is 0.333. The van der Waals surface area contributed by atoms with Crippen LogP contribution >= 0.6 is 0 Å². The number of hydrogen-bond acceptors (Lipinski definition) is 6. The summed E-state index contributed by atoms with van der Waals surface area (Å²) in [6.45, 7) is -0.174. The first kappa shape index (κ1) is 14.0. The van der Waals surface area contributed by atoms with Gasteiger partial charge in [-0.3, -0.25) is 0 Å². The summed E-state index contributed by atoms with van der Waals surface area (Å²) < 4.78 is 44.3. The Morgan fingerprint density at radius 1 is 1.50 bits per heavy atom. The van der Waals surface area contributed by atoms with Crippen molar-refractivity contribution < 1.29 is 27.4 Å². The normalized spacial score (nSPS) is 11.2. The molecule has 0 fully saturated rings. The van der Waals surface area contributed by atoms with Crippen LogP contribution in [0.2, 0.25) is 0 Å². The quantitative estimate of drug-likeness (QED) is 0.784. The number of nitrogens with zero attached hydrogens (tertiary/aromatic N) is 1. The van der Waals surface area contributed by atoms with Crippen molar-refractivity contribution in [3.63, 3.8) is 0 Å². The molecule has 6 nitrogen and oxygen atoms in total. The predicted molar refractivity (Wildman–Crippen MR) is 54.6 cm³/mol. The number of anilines is 1.